The van der Waals surface area contributed by atoms with Gasteiger partial charge in [-0.1, -0.05) is 0 Å². The van der Waals surface area contributed by atoms with E-state index in [2.05, 4.69) is 27.1 Å². The van der Waals surface area contributed by atoms with Crippen LogP contribution in [0.15, 0.2) is 42.9 Å². The van der Waals surface area contributed by atoms with Crippen LogP contribution in [-0.4, -0.2) is 46.6 Å². The first kappa shape index (κ1) is 18.9. The Labute approximate surface area is 169 Å². The number of nitrogen functional groups attached to an aromatic ring is 1. The van der Waals surface area contributed by atoms with Gasteiger partial charge in [0, 0.05) is 36.6 Å². The Morgan fingerprint density at radius 3 is 2.83 bits per heavy atom. The van der Waals surface area contributed by atoms with E-state index in [9.17, 15) is 0 Å². The van der Waals surface area contributed by atoms with Crippen LogP contribution in [0.4, 0.5) is 11.5 Å². The number of anilines is 2. The van der Waals surface area contributed by atoms with Gasteiger partial charge in [0.15, 0.2) is 0 Å². The quantitative estimate of drug-likeness (QED) is 0.404. The second-order valence-corrected chi connectivity index (χ2v) is 7.73. The van der Waals surface area contributed by atoms with E-state index in [0.717, 1.165) is 37.5 Å². The molecule has 2 heterocycles. The lowest BCUT2D eigenvalue weighted by atomic mass is 10.0. The van der Waals surface area contributed by atoms with E-state index < -0.39 is 0 Å². The Balaban J connectivity index is 1.47. The first-order chi connectivity index (χ1) is 14.0. The average molecular weight is 391 g/mol. The van der Waals surface area contributed by atoms with Crippen molar-refractivity contribution in [3.8, 4) is 5.75 Å². The van der Waals surface area contributed by atoms with E-state index in [4.69, 9.17) is 21.3 Å². The normalized spacial score (nSPS) is 17.6. The van der Waals surface area contributed by atoms with E-state index >= 15 is 0 Å². The molecule has 1 saturated heterocycles. The number of nitrogens with two attached hydrogens (primary N) is 1. The molecule has 0 radical (unpaired) electrons. The van der Waals surface area contributed by atoms with Crippen LogP contribution in [-0.2, 0) is 0 Å². The van der Waals surface area contributed by atoms with Crippen molar-refractivity contribution in [3.63, 3.8) is 0 Å². The molecule has 2 fully saturated rings. The van der Waals surface area contributed by atoms with Crippen molar-refractivity contribution >= 4 is 23.4 Å². The number of nitrogens with one attached hydrogen (secondary N) is 3. The Hall–Kier alpha value is -3.42. The van der Waals surface area contributed by atoms with Gasteiger partial charge in [-0.2, -0.15) is 0 Å². The molecule has 2 aromatic rings. The van der Waals surface area contributed by atoms with Gasteiger partial charge < -0.3 is 26.1 Å². The van der Waals surface area contributed by atoms with Crippen LogP contribution < -0.4 is 20.7 Å². The Bertz CT molecular complexity index is 961. The van der Waals surface area contributed by atoms with Gasteiger partial charge in [-0.25, -0.2) is 9.97 Å². The average Bonchev–Trinajstić information content (AvgIpc) is 3.41. The van der Waals surface area contributed by atoms with E-state index in [1.807, 2.05) is 18.2 Å². The number of nitrogens with zero attached hydrogens (tertiary/aromatic N) is 3. The fourth-order valence-electron chi connectivity index (χ4n) is 3.18. The maximum Gasteiger partial charge on any atom is 0.132 e. The summed E-state index contributed by atoms with van der Waals surface area (Å²) >= 11 is 0. The van der Waals surface area contributed by atoms with E-state index in [0.29, 0.717) is 23.0 Å². The second kappa shape index (κ2) is 7.54. The summed E-state index contributed by atoms with van der Waals surface area (Å²) in [5.41, 5.74) is 7.95. The van der Waals surface area contributed by atoms with Crippen molar-refractivity contribution < 1.29 is 4.74 Å². The highest BCUT2D eigenvalue weighted by Crippen LogP contribution is 2.40. The van der Waals surface area contributed by atoms with Crippen molar-refractivity contribution in [1.29, 1.82) is 10.8 Å². The molecule has 4 rings (SSSR count). The lowest BCUT2D eigenvalue weighted by molar-refractivity contribution is 0.200. The summed E-state index contributed by atoms with van der Waals surface area (Å²) in [6.45, 7) is 3.69. The fourth-order valence-corrected chi connectivity index (χ4v) is 3.18. The minimum absolute atomic E-state index is 0.0897. The predicted molar refractivity (Wildman–Crippen MR) is 114 cm³/mol. The highest BCUT2D eigenvalue weighted by Gasteiger charge is 2.40. The minimum Gasteiger partial charge on any atom is -0.488 e. The molecule has 1 aliphatic heterocycles. The summed E-state index contributed by atoms with van der Waals surface area (Å²) in [6, 6.07) is 7.59. The molecule has 8 heteroatoms. The zero-order chi connectivity index (χ0) is 20.4. The van der Waals surface area contributed by atoms with Crippen molar-refractivity contribution in [2.24, 2.45) is 0 Å². The number of benzene rings is 1. The maximum atomic E-state index is 8.63. The molecule has 150 valence electrons. The highest BCUT2D eigenvalue weighted by atomic mass is 16.5. The molecule has 1 aliphatic carbocycles. The summed E-state index contributed by atoms with van der Waals surface area (Å²) in [5.74, 6) is 1.51. The molecule has 29 heavy (non-hydrogen) atoms. The van der Waals surface area contributed by atoms with Crippen molar-refractivity contribution in [2.75, 3.05) is 23.7 Å². The molecule has 1 aromatic heterocycles. The van der Waals surface area contributed by atoms with Gasteiger partial charge in [-0.3, -0.25) is 5.41 Å². The number of rotatable bonds is 8. The third kappa shape index (κ3) is 4.21. The molecule has 2 aliphatic rings. The molecule has 8 nitrogen and oxygen atoms in total. The second-order valence-electron chi connectivity index (χ2n) is 7.73. The zero-order valence-corrected chi connectivity index (χ0v) is 16.4. The molecule has 0 atom stereocenters. The van der Waals surface area contributed by atoms with Gasteiger partial charge in [-0.05, 0) is 50.2 Å². The Kier molecular flexibility index (Phi) is 4.92. The first-order valence-electron chi connectivity index (χ1n) is 9.64. The van der Waals surface area contributed by atoms with E-state index in [-0.39, 0.29) is 11.3 Å². The van der Waals surface area contributed by atoms with Gasteiger partial charge in [0.05, 0.1) is 17.4 Å². The number of hydrogen-bond donors (Lipinski definition) is 4. The van der Waals surface area contributed by atoms with E-state index in [1.54, 1.807) is 18.3 Å². The lowest BCUT2D eigenvalue weighted by Crippen LogP contribution is -2.57. The van der Waals surface area contributed by atoms with Crippen molar-refractivity contribution in [3.05, 3.63) is 54.1 Å². The monoisotopic (exact) mass is 391 g/mol. The SMILES string of the molecule is CC1(Oc2ccc(N)c(C(=N)c3cc(N4CC(N/C=C\C=N)C4)ncn3)c2)CC1. The summed E-state index contributed by atoms with van der Waals surface area (Å²) in [5, 5.41) is 18.9. The van der Waals surface area contributed by atoms with Crippen LogP contribution in [0.1, 0.15) is 31.0 Å². The van der Waals surface area contributed by atoms with E-state index in [1.165, 1.54) is 12.5 Å². The molecule has 0 unspecified atom stereocenters. The zero-order valence-electron chi connectivity index (χ0n) is 16.4. The minimum atomic E-state index is -0.0897. The van der Waals surface area contributed by atoms with Gasteiger partial charge in [0.25, 0.3) is 0 Å². The number of hydrogen-bond acceptors (Lipinski definition) is 8. The van der Waals surface area contributed by atoms with Gasteiger partial charge in [0.1, 0.15) is 23.5 Å². The highest BCUT2D eigenvalue weighted by molar-refractivity contribution is 6.13. The van der Waals surface area contributed by atoms with Crippen molar-refractivity contribution in [1.82, 2.24) is 15.3 Å². The smallest absolute Gasteiger partial charge is 0.132 e. The maximum absolute atomic E-state index is 8.63. The fraction of sp³-hybridized carbons (Fsp3) is 0.333. The van der Waals surface area contributed by atoms with Crippen LogP contribution in [0.2, 0.25) is 0 Å². The van der Waals surface area contributed by atoms with Crippen LogP contribution in [0.3, 0.4) is 0 Å². The topological polar surface area (TPSA) is 124 Å². The number of allylic oxidation sites excluding steroid dienone is 1. The number of aromatic nitrogens is 2. The predicted octanol–water partition coefficient (Wildman–Crippen LogP) is 2.35. The molecule has 5 N–H and O–H groups in total. The van der Waals surface area contributed by atoms with Gasteiger partial charge in [-0.15, -0.1) is 0 Å². The van der Waals surface area contributed by atoms with Crippen LogP contribution >= 0.6 is 0 Å². The van der Waals surface area contributed by atoms with Crippen LogP contribution in [0.25, 0.3) is 0 Å². The lowest BCUT2D eigenvalue weighted by Gasteiger charge is -2.40. The molecule has 1 aromatic carbocycles. The third-order valence-corrected chi connectivity index (χ3v) is 5.25. The van der Waals surface area contributed by atoms with Crippen molar-refractivity contribution in [2.45, 2.75) is 31.4 Å². The summed E-state index contributed by atoms with van der Waals surface area (Å²) in [6.07, 6.45) is 8.23. The molecule has 1 saturated carbocycles. The molecule has 0 amide bonds. The molecule has 0 spiro atoms. The van der Waals surface area contributed by atoms with Crippen LogP contribution in [0.5, 0.6) is 5.75 Å². The van der Waals surface area contributed by atoms with Crippen LogP contribution in [0, 0.1) is 10.8 Å². The Morgan fingerprint density at radius 1 is 1.31 bits per heavy atom. The third-order valence-electron chi connectivity index (χ3n) is 5.25. The van der Waals surface area contributed by atoms with Gasteiger partial charge in [0.2, 0.25) is 0 Å². The summed E-state index contributed by atoms with van der Waals surface area (Å²) < 4.78 is 6.02. The van der Waals surface area contributed by atoms with Gasteiger partial charge >= 0.3 is 0 Å². The number of ether oxygens (including phenoxy) is 1. The first-order valence-corrected chi connectivity index (χ1v) is 9.64. The largest absolute Gasteiger partial charge is 0.488 e. The standard InChI is InChI=1S/C21H25N7O/c1-21(5-6-21)29-15-3-4-17(23)16(9-15)20(24)18-10-19(27-13-26-18)28-11-14(12-28)25-8-2-7-22/h2-4,7-10,13-14,22,24-25H,5-6,11-12,23H2,1H3/b8-2-,22-7?,24-20?. The molecular weight excluding hydrogens is 366 g/mol. The molecule has 0 bridgehead atoms. The Morgan fingerprint density at radius 2 is 2.10 bits per heavy atom. The molecular formula is C21H25N7O. The summed E-state index contributed by atoms with van der Waals surface area (Å²) in [4.78, 5) is 10.7. The summed E-state index contributed by atoms with van der Waals surface area (Å²) in [7, 11) is 0.